The van der Waals surface area contributed by atoms with Crippen LogP contribution in [0.3, 0.4) is 0 Å². The number of H-pyrrole nitrogens is 1. The molecule has 0 saturated carbocycles. The molecule has 3 N–H and O–H groups in total. The molecule has 1 aromatic carbocycles. The van der Waals surface area contributed by atoms with Crippen molar-refractivity contribution in [3.05, 3.63) is 59.6 Å². The van der Waals surface area contributed by atoms with Gasteiger partial charge in [-0.1, -0.05) is 16.7 Å². The molecule has 0 radical (unpaired) electrons. The molecular formula is C21H17ClN8O2. The molecular weight excluding hydrogens is 432 g/mol. The predicted molar refractivity (Wildman–Crippen MR) is 120 cm³/mol. The number of anilines is 2. The molecule has 0 fully saturated rings. The second-order valence-electron chi connectivity index (χ2n) is 7.04. The Kier molecular flexibility index (Phi) is 4.83. The summed E-state index contributed by atoms with van der Waals surface area (Å²) in [6.45, 7) is 0. The number of hydrogen-bond donors (Lipinski definition) is 3. The molecule has 4 heterocycles. The summed E-state index contributed by atoms with van der Waals surface area (Å²) in [7, 11) is 3.42. The highest BCUT2D eigenvalue weighted by Gasteiger charge is 2.16. The number of carbonyl (C=O) groups excluding carboxylic acids is 1. The number of aromatic amines is 1. The van der Waals surface area contributed by atoms with Crippen molar-refractivity contribution in [1.82, 2.24) is 35.3 Å². The molecule has 32 heavy (non-hydrogen) atoms. The summed E-state index contributed by atoms with van der Waals surface area (Å²) in [6, 6.07) is 7.05. The van der Waals surface area contributed by atoms with Crippen LogP contribution in [-0.2, 0) is 7.05 Å². The molecule has 11 heteroatoms. The van der Waals surface area contributed by atoms with E-state index in [0.29, 0.717) is 27.8 Å². The van der Waals surface area contributed by atoms with Crippen molar-refractivity contribution in [2.75, 3.05) is 12.4 Å². The van der Waals surface area contributed by atoms with Crippen LogP contribution in [-0.4, -0.2) is 42.9 Å². The first kappa shape index (κ1) is 19.8. The lowest BCUT2D eigenvalue weighted by atomic mass is 10.1. The maximum absolute atomic E-state index is 11.7. The SMILES string of the molecule is CNC(=O)c1ccc(Nc2nnc(-c3c[nH]c4ncc(-c5cnn(C)c5)cc34)o2)c(Cl)c1. The van der Waals surface area contributed by atoms with Crippen LogP contribution >= 0.6 is 11.6 Å². The van der Waals surface area contributed by atoms with Gasteiger partial charge in [0.2, 0.25) is 0 Å². The van der Waals surface area contributed by atoms with E-state index in [1.807, 2.05) is 19.3 Å². The summed E-state index contributed by atoms with van der Waals surface area (Å²) in [4.78, 5) is 19.4. The number of aromatic nitrogens is 6. The minimum absolute atomic E-state index is 0.167. The molecule has 0 aliphatic carbocycles. The van der Waals surface area contributed by atoms with Crippen molar-refractivity contribution in [3.63, 3.8) is 0 Å². The molecule has 160 valence electrons. The highest BCUT2D eigenvalue weighted by atomic mass is 35.5. The first-order valence-electron chi connectivity index (χ1n) is 9.60. The van der Waals surface area contributed by atoms with E-state index < -0.39 is 0 Å². The Bertz CT molecular complexity index is 1450. The Labute approximate surface area is 186 Å². The van der Waals surface area contributed by atoms with Crippen molar-refractivity contribution in [2.24, 2.45) is 7.05 Å². The average molecular weight is 449 g/mol. The van der Waals surface area contributed by atoms with Gasteiger partial charge in [-0.05, 0) is 24.3 Å². The number of rotatable bonds is 5. The molecule has 10 nitrogen and oxygen atoms in total. The molecule has 0 aliphatic heterocycles. The topological polar surface area (TPSA) is 127 Å². The van der Waals surface area contributed by atoms with Gasteiger partial charge >= 0.3 is 6.01 Å². The first-order valence-corrected chi connectivity index (χ1v) is 9.98. The van der Waals surface area contributed by atoms with E-state index in [0.717, 1.165) is 22.1 Å². The van der Waals surface area contributed by atoms with Crippen LogP contribution in [0.2, 0.25) is 5.02 Å². The number of nitrogens with zero attached hydrogens (tertiary/aromatic N) is 5. The average Bonchev–Trinajstić information content (AvgIpc) is 3.53. The zero-order valence-corrected chi connectivity index (χ0v) is 17.8. The number of nitrogens with one attached hydrogen (secondary N) is 3. The molecule has 0 unspecified atom stereocenters. The number of aryl methyl sites for hydroxylation is 1. The van der Waals surface area contributed by atoms with Gasteiger partial charge in [-0.2, -0.15) is 5.10 Å². The zero-order valence-electron chi connectivity index (χ0n) is 17.0. The third-order valence-electron chi connectivity index (χ3n) is 4.92. The van der Waals surface area contributed by atoms with Crippen LogP contribution in [0.15, 0.2) is 53.5 Å². The van der Waals surface area contributed by atoms with Gasteiger partial charge in [-0.15, -0.1) is 5.10 Å². The summed E-state index contributed by atoms with van der Waals surface area (Å²) >= 11 is 6.29. The molecule has 5 aromatic rings. The molecule has 0 aliphatic rings. The van der Waals surface area contributed by atoms with Gasteiger partial charge in [0.25, 0.3) is 11.8 Å². The normalized spacial score (nSPS) is 11.1. The number of amides is 1. The lowest BCUT2D eigenvalue weighted by Crippen LogP contribution is -2.17. The summed E-state index contributed by atoms with van der Waals surface area (Å²) < 4.78 is 7.54. The van der Waals surface area contributed by atoms with Crippen molar-refractivity contribution in [2.45, 2.75) is 0 Å². The number of hydrogen-bond acceptors (Lipinski definition) is 7. The standard InChI is InChI=1S/C21H17ClN8O2/c1-23-19(31)11-3-4-17(16(22)6-11)27-21-29-28-20(32-21)15-9-25-18-14(15)5-12(7-24-18)13-8-26-30(2)10-13/h3-10H,1-2H3,(H,23,31)(H,24,25)(H,27,29). The molecule has 0 atom stereocenters. The van der Waals surface area contributed by atoms with E-state index in [2.05, 4.69) is 35.9 Å². The maximum atomic E-state index is 11.7. The predicted octanol–water partition coefficient (Wildman–Crippen LogP) is 3.77. The number of pyridine rings is 1. The fourth-order valence-corrected chi connectivity index (χ4v) is 3.54. The number of fused-ring (bicyclic) bond motifs is 1. The number of halogens is 1. The Morgan fingerprint density at radius 3 is 2.81 bits per heavy atom. The van der Waals surface area contributed by atoms with E-state index >= 15 is 0 Å². The van der Waals surface area contributed by atoms with E-state index in [4.69, 9.17) is 16.0 Å². The lowest BCUT2D eigenvalue weighted by molar-refractivity contribution is 0.0963. The first-order chi connectivity index (χ1) is 15.5. The van der Waals surface area contributed by atoms with Crippen LogP contribution in [0.5, 0.6) is 0 Å². The Balaban J connectivity index is 1.44. The molecule has 4 aromatic heterocycles. The van der Waals surface area contributed by atoms with Gasteiger partial charge in [0.1, 0.15) is 5.65 Å². The fraction of sp³-hybridized carbons (Fsp3) is 0.0952. The van der Waals surface area contributed by atoms with Crippen molar-refractivity contribution in [3.8, 4) is 22.6 Å². The quantitative estimate of drug-likeness (QED) is 0.373. The fourth-order valence-electron chi connectivity index (χ4n) is 3.31. The van der Waals surface area contributed by atoms with Gasteiger partial charge in [0.05, 0.1) is 22.5 Å². The Hall–Kier alpha value is -4.18. The highest BCUT2D eigenvalue weighted by molar-refractivity contribution is 6.33. The summed E-state index contributed by atoms with van der Waals surface area (Å²) in [5.74, 6) is 0.0964. The van der Waals surface area contributed by atoms with Crippen molar-refractivity contribution < 1.29 is 9.21 Å². The van der Waals surface area contributed by atoms with E-state index in [9.17, 15) is 4.79 Å². The summed E-state index contributed by atoms with van der Waals surface area (Å²) in [5.41, 5.74) is 4.29. The van der Waals surface area contributed by atoms with Gasteiger partial charge in [0.15, 0.2) is 0 Å². The maximum Gasteiger partial charge on any atom is 0.320 e. The highest BCUT2D eigenvalue weighted by Crippen LogP contribution is 2.32. The van der Waals surface area contributed by atoms with E-state index in [1.54, 1.807) is 48.5 Å². The van der Waals surface area contributed by atoms with Gasteiger partial charge in [-0.3, -0.25) is 9.48 Å². The second kappa shape index (κ2) is 7.82. The minimum atomic E-state index is -0.225. The van der Waals surface area contributed by atoms with Crippen LogP contribution in [0, 0.1) is 0 Å². The zero-order chi connectivity index (χ0) is 22.2. The summed E-state index contributed by atoms with van der Waals surface area (Å²) in [5, 5.41) is 19.2. The smallest absolute Gasteiger partial charge is 0.320 e. The number of carbonyl (C=O) groups is 1. The van der Waals surface area contributed by atoms with E-state index in [1.165, 1.54) is 0 Å². The monoisotopic (exact) mass is 448 g/mol. The summed E-state index contributed by atoms with van der Waals surface area (Å²) in [6.07, 6.45) is 7.25. The van der Waals surface area contributed by atoms with Gasteiger partial charge in [0, 0.05) is 54.8 Å². The second-order valence-corrected chi connectivity index (χ2v) is 7.44. The Morgan fingerprint density at radius 1 is 1.19 bits per heavy atom. The third kappa shape index (κ3) is 3.56. The van der Waals surface area contributed by atoms with Crippen LogP contribution < -0.4 is 10.6 Å². The minimum Gasteiger partial charge on any atom is -0.403 e. The molecule has 0 bridgehead atoms. The molecule has 0 saturated heterocycles. The van der Waals surface area contributed by atoms with Gasteiger partial charge < -0.3 is 20.0 Å². The third-order valence-corrected chi connectivity index (χ3v) is 5.24. The molecule has 5 rings (SSSR count). The number of benzene rings is 1. The van der Waals surface area contributed by atoms with Crippen molar-refractivity contribution in [1.29, 1.82) is 0 Å². The largest absolute Gasteiger partial charge is 0.403 e. The van der Waals surface area contributed by atoms with Crippen molar-refractivity contribution >= 4 is 40.2 Å². The van der Waals surface area contributed by atoms with Crippen LogP contribution in [0.4, 0.5) is 11.7 Å². The van der Waals surface area contributed by atoms with E-state index in [-0.39, 0.29) is 11.9 Å². The van der Waals surface area contributed by atoms with Crippen LogP contribution in [0.1, 0.15) is 10.4 Å². The van der Waals surface area contributed by atoms with Gasteiger partial charge in [-0.25, -0.2) is 4.98 Å². The Morgan fingerprint density at radius 2 is 2.06 bits per heavy atom. The molecule has 1 amide bonds. The molecule has 0 spiro atoms. The lowest BCUT2D eigenvalue weighted by Gasteiger charge is -2.06. The van der Waals surface area contributed by atoms with Crippen LogP contribution in [0.25, 0.3) is 33.6 Å².